The van der Waals surface area contributed by atoms with E-state index in [2.05, 4.69) is 0 Å². The van der Waals surface area contributed by atoms with E-state index >= 15 is 0 Å². The van der Waals surface area contributed by atoms with Crippen molar-refractivity contribution in [2.45, 2.75) is 51.7 Å². The molecule has 0 radical (unpaired) electrons. The van der Waals surface area contributed by atoms with Crippen LogP contribution in [0.15, 0.2) is 0 Å². The standard InChI is InChI=1S/C15H22N2O4/c1-14(2,3)21-13(19)16-10(12(18)17(16)20-4)7-15-8-5-6-9(15)11(8)15/h8-11H,5-7H2,1-4H3/t8-,9?,10+,11?,15?/m1/s1. The van der Waals surface area contributed by atoms with Gasteiger partial charge in [-0.25, -0.2) is 4.79 Å². The summed E-state index contributed by atoms with van der Waals surface area (Å²) in [5, 5.41) is 2.37. The fourth-order valence-corrected chi connectivity index (χ4v) is 4.88. The molecule has 2 bridgehead atoms. The summed E-state index contributed by atoms with van der Waals surface area (Å²) in [5.74, 6) is 2.33. The molecule has 1 saturated heterocycles. The molecule has 3 unspecified atom stereocenters. The summed E-state index contributed by atoms with van der Waals surface area (Å²) < 4.78 is 5.38. The predicted molar refractivity (Wildman–Crippen MR) is 72.5 cm³/mol. The van der Waals surface area contributed by atoms with Crippen molar-refractivity contribution in [2.75, 3.05) is 7.11 Å². The summed E-state index contributed by atoms with van der Waals surface area (Å²) in [6.07, 6.45) is 2.88. The van der Waals surface area contributed by atoms with E-state index in [-0.39, 0.29) is 5.91 Å². The first-order valence-electron chi connectivity index (χ1n) is 7.71. The van der Waals surface area contributed by atoms with E-state index in [1.54, 1.807) is 0 Å². The van der Waals surface area contributed by atoms with E-state index < -0.39 is 17.7 Å². The van der Waals surface area contributed by atoms with Crippen molar-refractivity contribution < 1.29 is 19.2 Å². The molecule has 6 heteroatoms. The minimum Gasteiger partial charge on any atom is -0.442 e. The zero-order chi connectivity index (χ0) is 15.2. The van der Waals surface area contributed by atoms with Crippen LogP contribution < -0.4 is 0 Å². The maximum Gasteiger partial charge on any atom is 0.432 e. The average molecular weight is 294 g/mol. The number of ether oxygens (including phenoxy) is 1. The molecule has 5 rings (SSSR count). The Kier molecular flexibility index (Phi) is 2.37. The van der Waals surface area contributed by atoms with Gasteiger partial charge in [0.25, 0.3) is 5.91 Å². The van der Waals surface area contributed by atoms with Crippen molar-refractivity contribution in [2.24, 2.45) is 23.2 Å². The highest BCUT2D eigenvalue weighted by Gasteiger charge is 2.89. The lowest BCUT2D eigenvalue weighted by Crippen LogP contribution is -2.70. The van der Waals surface area contributed by atoms with Gasteiger partial charge in [0, 0.05) is 0 Å². The number of hydrazine groups is 1. The number of nitrogens with zero attached hydrogens (tertiary/aromatic N) is 2. The highest BCUT2D eigenvalue weighted by atomic mass is 16.7. The number of hydrogen-bond acceptors (Lipinski definition) is 4. The van der Waals surface area contributed by atoms with E-state index in [0.29, 0.717) is 5.41 Å². The van der Waals surface area contributed by atoms with Gasteiger partial charge in [-0.1, -0.05) is 0 Å². The van der Waals surface area contributed by atoms with Gasteiger partial charge in [-0.15, -0.1) is 5.17 Å². The summed E-state index contributed by atoms with van der Waals surface area (Å²) in [4.78, 5) is 29.5. The Balaban J connectivity index is 1.47. The van der Waals surface area contributed by atoms with Gasteiger partial charge in [0.2, 0.25) is 0 Å². The molecule has 0 aromatic carbocycles. The molecule has 116 valence electrons. The second-order valence-corrected chi connectivity index (χ2v) is 7.77. The van der Waals surface area contributed by atoms with E-state index in [9.17, 15) is 9.59 Å². The lowest BCUT2D eigenvalue weighted by molar-refractivity contribution is -0.298. The number of amides is 2. The van der Waals surface area contributed by atoms with Gasteiger partial charge in [-0.3, -0.25) is 9.63 Å². The summed E-state index contributed by atoms with van der Waals surface area (Å²) in [6.45, 7) is 5.44. The minimum absolute atomic E-state index is 0.130. The van der Waals surface area contributed by atoms with E-state index in [0.717, 1.165) is 29.3 Å². The Morgan fingerprint density at radius 1 is 1.33 bits per heavy atom. The normalized spacial score (nSPS) is 42.6. The molecule has 5 fully saturated rings. The highest BCUT2D eigenvalue weighted by Crippen LogP contribution is 2.93. The monoisotopic (exact) mass is 294 g/mol. The molecule has 5 atom stereocenters. The van der Waals surface area contributed by atoms with Crippen LogP contribution in [0.25, 0.3) is 0 Å². The van der Waals surface area contributed by atoms with Crippen LogP contribution in [-0.4, -0.2) is 40.9 Å². The van der Waals surface area contributed by atoms with Crippen LogP contribution in [0, 0.1) is 23.2 Å². The lowest BCUT2D eigenvalue weighted by atomic mass is 9.95. The van der Waals surface area contributed by atoms with Gasteiger partial charge in [0.15, 0.2) is 0 Å². The molecule has 4 aliphatic carbocycles. The molecule has 0 N–H and O–H groups in total. The maximum absolute atomic E-state index is 12.3. The third kappa shape index (κ3) is 1.57. The molecule has 1 aliphatic heterocycles. The Morgan fingerprint density at radius 3 is 2.43 bits per heavy atom. The van der Waals surface area contributed by atoms with E-state index in [4.69, 9.17) is 9.57 Å². The Hall–Kier alpha value is -1.30. The van der Waals surface area contributed by atoms with Crippen LogP contribution in [0.5, 0.6) is 0 Å². The third-order valence-corrected chi connectivity index (χ3v) is 5.70. The van der Waals surface area contributed by atoms with Crippen LogP contribution in [0.3, 0.4) is 0 Å². The SMILES string of the molecule is CON1C(=O)[C@H](CC23C4CC[C@@H]2C43)N1C(=O)OC(C)(C)C. The van der Waals surface area contributed by atoms with Gasteiger partial charge < -0.3 is 4.74 Å². The summed E-state index contributed by atoms with van der Waals surface area (Å²) in [7, 11) is 1.39. The Labute approximate surface area is 124 Å². The number of hydroxylamine groups is 1. The Bertz CT molecular complexity index is 505. The van der Waals surface area contributed by atoms with E-state index in [1.807, 2.05) is 20.8 Å². The zero-order valence-corrected chi connectivity index (χ0v) is 13.0. The van der Waals surface area contributed by atoms with Crippen molar-refractivity contribution in [3.63, 3.8) is 0 Å². The lowest BCUT2D eigenvalue weighted by Gasteiger charge is -2.47. The van der Waals surface area contributed by atoms with Crippen LogP contribution in [-0.2, 0) is 14.4 Å². The predicted octanol–water partition coefficient (Wildman–Crippen LogP) is 1.96. The van der Waals surface area contributed by atoms with Crippen LogP contribution in [0.4, 0.5) is 4.79 Å². The quantitative estimate of drug-likeness (QED) is 0.798. The summed E-state index contributed by atoms with van der Waals surface area (Å²) in [6, 6.07) is -0.407. The van der Waals surface area contributed by atoms with Gasteiger partial charge in [-0.2, -0.15) is 5.01 Å². The second kappa shape index (κ2) is 3.72. The number of carbonyl (C=O) groups is 2. The van der Waals surface area contributed by atoms with Gasteiger partial charge in [0.1, 0.15) is 11.6 Å². The van der Waals surface area contributed by atoms with Crippen LogP contribution >= 0.6 is 0 Å². The smallest absolute Gasteiger partial charge is 0.432 e. The molecule has 0 spiro atoms. The zero-order valence-electron chi connectivity index (χ0n) is 13.0. The molecule has 6 nitrogen and oxygen atoms in total. The molecule has 5 aliphatic rings. The number of rotatable bonds is 3. The van der Waals surface area contributed by atoms with Gasteiger partial charge in [-0.05, 0) is 63.2 Å². The summed E-state index contributed by atoms with van der Waals surface area (Å²) in [5.41, 5.74) is -0.209. The molecule has 21 heavy (non-hydrogen) atoms. The molecular weight excluding hydrogens is 272 g/mol. The van der Waals surface area contributed by atoms with Crippen LogP contribution in [0.1, 0.15) is 40.0 Å². The maximum atomic E-state index is 12.3. The first kappa shape index (κ1) is 13.4. The van der Waals surface area contributed by atoms with Crippen molar-refractivity contribution in [1.82, 2.24) is 10.2 Å². The molecule has 4 saturated carbocycles. The highest BCUT2D eigenvalue weighted by molar-refractivity contribution is 5.92. The molecule has 2 amide bonds. The van der Waals surface area contributed by atoms with Crippen molar-refractivity contribution >= 4 is 12.0 Å². The fourth-order valence-electron chi connectivity index (χ4n) is 4.88. The third-order valence-electron chi connectivity index (χ3n) is 5.70. The van der Waals surface area contributed by atoms with Gasteiger partial charge in [0.05, 0.1) is 7.11 Å². The topological polar surface area (TPSA) is 59.1 Å². The fraction of sp³-hybridized carbons (Fsp3) is 0.867. The minimum atomic E-state index is -0.585. The van der Waals surface area contributed by atoms with Crippen molar-refractivity contribution in [3.05, 3.63) is 0 Å². The molecule has 0 aromatic heterocycles. The average Bonchev–Trinajstić information content (AvgIpc) is 3.01. The van der Waals surface area contributed by atoms with Crippen molar-refractivity contribution in [3.8, 4) is 0 Å². The second-order valence-electron chi connectivity index (χ2n) is 7.77. The molecular formula is C15H22N2O4. The summed E-state index contributed by atoms with van der Waals surface area (Å²) >= 11 is 0. The molecule has 0 aromatic rings. The Morgan fingerprint density at radius 2 is 1.95 bits per heavy atom. The first-order valence-corrected chi connectivity index (χ1v) is 7.71. The number of hydrogen-bond donors (Lipinski definition) is 0. The van der Waals surface area contributed by atoms with Crippen molar-refractivity contribution in [1.29, 1.82) is 0 Å². The first-order chi connectivity index (χ1) is 9.81. The molecule has 1 heterocycles. The van der Waals surface area contributed by atoms with E-state index in [1.165, 1.54) is 25.0 Å². The number of fused-ring (bicyclic) bond motifs is 1. The largest absolute Gasteiger partial charge is 0.442 e. The van der Waals surface area contributed by atoms with Crippen LogP contribution in [0.2, 0.25) is 0 Å². The number of carbonyl (C=O) groups excluding carboxylic acids is 2. The van der Waals surface area contributed by atoms with Gasteiger partial charge >= 0.3 is 6.09 Å².